The Labute approximate surface area is 58.3 Å². The molecule has 0 saturated heterocycles. The first-order chi connectivity index (χ1) is 4.22. The van der Waals surface area contributed by atoms with Gasteiger partial charge in [-0.25, -0.2) is 0 Å². The Balaban J connectivity index is 0. The Morgan fingerprint density at radius 2 is 1.89 bits per heavy atom. The molecule has 0 amide bonds. The van der Waals surface area contributed by atoms with Crippen molar-refractivity contribution in [2.24, 2.45) is 5.73 Å². The molecule has 0 bridgehead atoms. The molecule has 0 spiro atoms. The highest BCUT2D eigenvalue weighted by Crippen LogP contribution is 1.81. The van der Waals surface area contributed by atoms with Crippen molar-refractivity contribution in [1.29, 1.82) is 0 Å². The zero-order valence-corrected chi connectivity index (χ0v) is 6.48. The summed E-state index contributed by atoms with van der Waals surface area (Å²) in [5.41, 5.74) is 6.00. The molecule has 1 heteroatoms. The highest BCUT2D eigenvalue weighted by atomic mass is 14.5. The lowest BCUT2D eigenvalue weighted by Crippen LogP contribution is -1.98. The van der Waals surface area contributed by atoms with Crippen LogP contribution in [0, 0.1) is 0 Å². The molecule has 1 nitrogen and oxygen atoms in total. The minimum Gasteiger partial charge on any atom is -0.327 e. The van der Waals surface area contributed by atoms with Gasteiger partial charge in [0.05, 0.1) is 0 Å². The highest BCUT2D eigenvalue weighted by molar-refractivity contribution is 5.11. The zero-order chi connectivity index (χ0) is 7.70. The SMILES string of the molecule is C=CC(=C)CN.CCC. The molecular formula is C8H17N. The van der Waals surface area contributed by atoms with Gasteiger partial charge in [-0.05, 0) is 5.57 Å². The lowest BCUT2D eigenvalue weighted by atomic mass is 10.3. The minimum atomic E-state index is 0.517. The van der Waals surface area contributed by atoms with Crippen molar-refractivity contribution in [3.63, 3.8) is 0 Å². The average molecular weight is 127 g/mol. The first-order valence-electron chi connectivity index (χ1n) is 3.23. The zero-order valence-electron chi connectivity index (χ0n) is 6.48. The van der Waals surface area contributed by atoms with Gasteiger partial charge in [0.1, 0.15) is 0 Å². The van der Waals surface area contributed by atoms with Crippen molar-refractivity contribution < 1.29 is 0 Å². The van der Waals surface area contributed by atoms with Gasteiger partial charge in [0.25, 0.3) is 0 Å². The highest BCUT2D eigenvalue weighted by Gasteiger charge is 1.72. The predicted octanol–water partition coefficient (Wildman–Crippen LogP) is 2.10. The fraction of sp³-hybridized carbons (Fsp3) is 0.500. The van der Waals surface area contributed by atoms with Crippen molar-refractivity contribution in [3.8, 4) is 0 Å². The van der Waals surface area contributed by atoms with Crippen LogP contribution >= 0.6 is 0 Å². The number of rotatable bonds is 2. The minimum absolute atomic E-state index is 0.517. The molecule has 0 aromatic rings. The van der Waals surface area contributed by atoms with Gasteiger partial charge in [-0.1, -0.05) is 39.5 Å². The van der Waals surface area contributed by atoms with Gasteiger partial charge in [-0.15, -0.1) is 0 Å². The number of hydrogen-bond donors (Lipinski definition) is 1. The van der Waals surface area contributed by atoms with Gasteiger partial charge in [0.2, 0.25) is 0 Å². The molecule has 0 fully saturated rings. The van der Waals surface area contributed by atoms with Crippen LogP contribution < -0.4 is 5.73 Å². The van der Waals surface area contributed by atoms with Crippen molar-refractivity contribution in [2.45, 2.75) is 20.3 Å². The molecule has 0 saturated carbocycles. The first-order valence-corrected chi connectivity index (χ1v) is 3.23. The molecule has 0 heterocycles. The molecule has 9 heavy (non-hydrogen) atoms. The summed E-state index contributed by atoms with van der Waals surface area (Å²) in [6.07, 6.45) is 2.90. The van der Waals surface area contributed by atoms with Crippen LogP contribution in [0.3, 0.4) is 0 Å². The second-order valence-electron chi connectivity index (χ2n) is 1.77. The van der Waals surface area contributed by atoms with Crippen molar-refractivity contribution in [3.05, 3.63) is 24.8 Å². The van der Waals surface area contributed by atoms with E-state index in [1.807, 2.05) is 0 Å². The Kier molecular flexibility index (Phi) is 13.1. The van der Waals surface area contributed by atoms with Crippen LogP contribution in [0.1, 0.15) is 20.3 Å². The largest absolute Gasteiger partial charge is 0.327 e. The summed E-state index contributed by atoms with van der Waals surface area (Å²) in [6.45, 7) is 11.8. The van der Waals surface area contributed by atoms with Crippen LogP contribution in [0.4, 0.5) is 0 Å². The van der Waals surface area contributed by atoms with Crippen molar-refractivity contribution >= 4 is 0 Å². The van der Waals surface area contributed by atoms with Gasteiger partial charge in [-0.3, -0.25) is 0 Å². The second kappa shape index (κ2) is 10.4. The van der Waals surface area contributed by atoms with Crippen LogP contribution in [0.25, 0.3) is 0 Å². The molecule has 0 radical (unpaired) electrons. The van der Waals surface area contributed by atoms with E-state index in [0.717, 1.165) is 5.57 Å². The van der Waals surface area contributed by atoms with Gasteiger partial charge < -0.3 is 5.73 Å². The van der Waals surface area contributed by atoms with Gasteiger partial charge in [-0.2, -0.15) is 0 Å². The monoisotopic (exact) mass is 127 g/mol. The molecule has 2 N–H and O–H groups in total. The summed E-state index contributed by atoms with van der Waals surface area (Å²) in [4.78, 5) is 0. The Morgan fingerprint density at radius 3 is 1.89 bits per heavy atom. The normalized spacial score (nSPS) is 7.00. The molecule has 0 atom stereocenters. The van der Waals surface area contributed by atoms with E-state index in [2.05, 4.69) is 27.0 Å². The predicted molar refractivity (Wildman–Crippen MR) is 44.4 cm³/mol. The standard InChI is InChI=1S/C5H9N.C3H8/c1-3-5(2)4-6;1-3-2/h3H,1-2,4,6H2;3H2,1-2H3. The molecule has 0 aromatic heterocycles. The van der Waals surface area contributed by atoms with Crippen LogP contribution in [-0.2, 0) is 0 Å². The topological polar surface area (TPSA) is 26.0 Å². The summed E-state index contributed by atoms with van der Waals surface area (Å²) in [7, 11) is 0. The summed E-state index contributed by atoms with van der Waals surface area (Å²) >= 11 is 0. The Hall–Kier alpha value is -0.560. The van der Waals surface area contributed by atoms with E-state index in [4.69, 9.17) is 5.73 Å². The molecular weight excluding hydrogens is 110 g/mol. The lowest BCUT2D eigenvalue weighted by Gasteiger charge is -1.84. The van der Waals surface area contributed by atoms with E-state index in [9.17, 15) is 0 Å². The van der Waals surface area contributed by atoms with Gasteiger partial charge in [0, 0.05) is 6.54 Å². The first kappa shape index (κ1) is 11.3. The van der Waals surface area contributed by atoms with Crippen LogP contribution in [0.2, 0.25) is 0 Å². The maximum Gasteiger partial charge on any atom is 0.0171 e. The molecule has 0 aliphatic carbocycles. The smallest absolute Gasteiger partial charge is 0.0171 e. The maximum absolute atomic E-state index is 5.11. The number of hydrogen-bond acceptors (Lipinski definition) is 1. The van der Waals surface area contributed by atoms with Gasteiger partial charge >= 0.3 is 0 Å². The van der Waals surface area contributed by atoms with E-state index in [-0.39, 0.29) is 0 Å². The van der Waals surface area contributed by atoms with E-state index in [1.54, 1.807) is 6.08 Å². The third-order valence-corrected chi connectivity index (χ3v) is 0.551. The van der Waals surface area contributed by atoms with Crippen LogP contribution in [0.5, 0.6) is 0 Å². The van der Waals surface area contributed by atoms with Crippen LogP contribution in [0.15, 0.2) is 24.8 Å². The fourth-order valence-electron chi connectivity index (χ4n) is 0.0833. The lowest BCUT2D eigenvalue weighted by molar-refractivity contribution is 1.09. The summed E-state index contributed by atoms with van der Waals surface area (Å²) in [5, 5.41) is 0. The molecule has 0 aliphatic heterocycles. The molecule has 0 aromatic carbocycles. The summed E-state index contributed by atoms with van der Waals surface area (Å²) in [5.74, 6) is 0. The summed E-state index contributed by atoms with van der Waals surface area (Å²) in [6, 6.07) is 0. The van der Waals surface area contributed by atoms with E-state index in [1.165, 1.54) is 6.42 Å². The quantitative estimate of drug-likeness (QED) is 0.565. The Morgan fingerprint density at radius 1 is 1.56 bits per heavy atom. The summed E-state index contributed by atoms with van der Waals surface area (Å²) < 4.78 is 0. The third kappa shape index (κ3) is 18.6. The average Bonchev–Trinajstić information content (AvgIpc) is 1.88. The fourth-order valence-corrected chi connectivity index (χ4v) is 0.0833. The van der Waals surface area contributed by atoms with E-state index in [0.29, 0.717) is 6.54 Å². The van der Waals surface area contributed by atoms with Gasteiger partial charge in [0.15, 0.2) is 0 Å². The molecule has 0 unspecified atom stereocenters. The third-order valence-electron chi connectivity index (χ3n) is 0.551. The van der Waals surface area contributed by atoms with E-state index >= 15 is 0 Å². The number of nitrogens with two attached hydrogens (primary N) is 1. The maximum atomic E-state index is 5.11. The molecule has 0 aliphatic rings. The molecule has 0 rings (SSSR count). The molecule has 54 valence electrons. The van der Waals surface area contributed by atoms with Crippen LogP contribution in [-0.4, -0.2) is 6.54 Å². The van der Waals surface area contributed by atoms with Crippen molar-refractivity contribution in [1.82, 2.24) is 0 Å². The van der Waals surface area contributed by atoms with Crippen molar-refractivity contribution in [2.75, 3.05) is 6.54 Å². The second-order valence-corrected chi connectivity index (χ2v) is 1.77. The van der Waals surface area contributed by atoms with E-state index < -0.39 is 0 Å². The Bertz CT molecular complexity index is 74.6.